The van der Waals surface area contributed by atoms with E-state index in [0.717, 1.165) is 12.1 Å². The third-order valence-electron chi connectivity index (χ3n) is 4.94. The fraction of sp³-hybridized carbons (Fsp3) is 0.0455. The molecule has 0 amide bonds. The van der Waals surface area contributed by atoms with E-state index in [0.29, 0.717) is 5.39 Å². The van der Waals surface area contributed by atoms with Gasteiger partial charge in [-0.05, 0) is 36.8 Å². The van der Waals surface area contributed by atoms with Gasteiger partial charge in [-0.15, -0.1) is 10.2 Å². The van der Waals surface area contributed by atoms with E-state index in [4.69, 9.17) is 5.73 Å². The molecule has 7 nitrogen and oxygen atoms in total. The molecule has 0 radical (unpaired) electrons. The normalized spacial score (nSPS) is 12.0. The van der Waals surface area contributed by atoms with E-state index in [1.165, 1.54) is 31.3 Å². The van der Waals surface area contributed by atoms with Crippen LogP contribution in [0.4, 0.5) is 30.2 Å². The first-order valence-electron chi connectivity index (χ1n) is 9.39. The molecular formula is C22H15F3N4O3S. The average Bonchev–Trinajstić information content (AvgIpc) is 2.77. The summed E-state index contributed by atoms with van der Waals surface area (Å²) in [5, 5.41) is 8.51. The van der Waals surface area contributed by atoms with Crippen molar-refractivity contribution in [3.05, 3.63) is 77.7 Å². The van der Waals surface area contributed by atoms with Crippen LogP contribution in [-0.2, 0) is 10.1 Å². The van der Waals surface area contributed by atoms with E-state index in [-0.39, 0.29) is 44.2 Å². The monoisotopic (exact) mass is 472 g/mol. The van der Waals surface area contributed by atoms with E-state index >= 15 is 0 Å². The number of nitrogen functional groups attached to an aromatic ring is 1. The molecule has 0 unspecified atom stereocenters. The number of benzene rings is 3. The number of hydrogen-bond donors (Lipinski definition) is 2. The van der Waals surface area contributed by atoms with Crippen molar-refractivity contribution in [1.29, 1.82) is 0 Å². The highest BCUT2D eigenvalue weighted by atomic mass is 32.2. The highest BCUT2D eigenvalue weighted by Crippen LogP contribution is 2.37. The van der Waals surface area contributed by atoms with Crippen molar-refractivity contribution in [2.24, 2.45) is 10.2 Å². The maximum atomic E-state index is 14.2. The van der Waals surface area contributed by atoms with Crippen LogP contribution in [0.15, 0.2) is 69.9 Å². The number of rotatable bonds is 4. The Labute approximate surface area is 186 Å². The Morgan fingerprint density at radius 3 is 2.30 bits per heavy atom. The van der Waals surface area contributed by atoms with Gasteiger partial charge in [0.1, 0.15) is 16.3 Å². The lowest BCUT2D eigenvalue weighted by Crippen LogP contribution is -2.01. The number of halogens is 3. The first kappa shape index (κ1) is 22.4. The molecule has 4 rings (SSSR count). The Balaban J connectivity index is 1.73. The Morgan fingerprint density at radius 1 is 0.970 bits per heavy atom. The van der Waals surface area contributed by atoms with Crippen LogP contribution in [0, 0.1) is 24.4 Å². The van der Waals surface area contributed by atoms with Gasteiger partial charge in [0.15, 0.2) is 17.5 Å². The van der Waals surface area contributed by atoms with Crippen molar-refractivity contribution < 1.29 is 26.1 Å². The zero-order valence-electron chi connectivity index (χ0n) is 16.9. The average molecular weight is 472 g/mol. The van der Waals surface area contributed by atoms with Crippen LogP contribution in [0.5, 0.6) is 0 Å². The smallest absolute Gasteiger partial charge is 0.295 e. The topological polar surface area (TPSA) is 118 Å². The first-order valence-corrected chi connectivity index (χ1v) is 10.8. The molecule has 1 aromatic heterocycles. The highest BCUT2D eigenvalue weighted by molar-refractivity contribution is 7.86. The fourth-order valence-corrected chi connectivity index (χ4v) is 4.10. The Bertz CT molecular complexity index is 1540. The van der Waals surface area contributed by atoms with Gasteiger partial charge in [-0.3, -0.25) is 9.54 Å². The maximum Gasteiger partial charge on any atom is 0.295 e. The van der Waals surface area contributed by atoms with Crippen LogP contribution in [0.2, 0.25) is 0 Å². The van der Waals surface area contributed by atoms with Crippen molar-refractivity contribution in [2.45, 2.75) is 11.8 Å². The van der Waals surface area contributed by atoms with Crippen LogP contribution in [0.3, 0.4) is 0 Å². The molecule has 3 aromatic carbocycles. The summed E-state index contributed by atoms with van der Waals surface area (Å²) in [5.41, 5.74) is 6.47. The largest absolute Gasteiger partial charge is 0.396 e. The second-order valence-corrected chi connectivity index (χ2v) is 8.50. The number of fused-ring (bicyclic) bond motifs is 1. The third-order valence-corrected chi connectivity index (χ3v) is 5.83. The predicted octanol–water partition coefficient (Wildman–Crippen LogP) is 5.87. The molecule has 1 heterocycles. The second-order valence-electron chi connectivity index (χ2n) is 7.11. The molecule has 168 valence electrons. The number of pyridine rings is 1. The van der Waals surface area contributed by atoms with Gasteiger partial charge in [0.05, 0.1) is 17.6 Å². The summed E-state index contributed by atoms with van der Waals surface area (Å²) in [6, 6.07) is 11.1. The summed E-state index contributed by atoms with van der Waals surface area (Å²) >= 11 is 0. The van der Waals surface area contributed by atoms with Gasteiger partial charge < -0.3 is 5.73 Å². The van der Waals surface area contributed by atoms with Crippen molar-refractivity contribution in [2.75, 3.05) is 5.73 Å². The van der Waals surface area contributed by atoms with Gasteiger partial charge in [0, 0.05) is 16.3 Å². The number of aryl methyl sites for hydroxylation is 1. The quantitative estimate of drug-likeness (QED) is 0.167. The molecule has 0 aliphatic heterocycles. The number of aromatic nitrogens is 1. The zero-order valence-corrected chi connectivity index (χ0v) is 17.7. The zero-order chi connectivity index (χ0) is 23.9. The van der Waals surface area contributed by atoms with E-state index < -0.39 is 27.6 Å². The minimum absolute atomic E-state index is 0.00658. The van der Waals surface area contributed by atoms with Gasteiger partial charge in [0.2, 0.25) is 0 Å². The molecule has 11 heteroatoms. The molecule has 0 aliphatic rings. The van der Waals surface area contributed by atoms with E-state index in [2.05, 4.69) is 15.2 Å². The van der Waals surface area contributed by atoms with Crippen molar-refractivity contribution in [3.63, 3.8) is 0 Å². The molecule has 0 fully saturated rings. The summed E-state index contributed by atoms with van der Waals surface area (Å²) in [4.78, 5) is 3.66. The van der Waals surface area contributed by atoms with E-state index in [1.54, 1.807) is 18.2 Å². The molecule has 0 saturated carbocycles. The minimum Gasteiger partial charge on any atom is -0.396 e. The first-order chi connectivity index (χ1) is 15.6. The Morgan fingerprint density at radius 2 is 1.67 bits per heavy atom. The molecule has 0 aliphatic carbocycles. The lowest BCUT2D eigenvalue weighted by Gasteiger charge is -2.09. The van der Waals surface area contributed by atoms with Gasteiger partial charge in [-0.25, -0.2) is 13.2 Å². The standard InChI is InChI=1S/C22H15F3N4O3S/c1-11-8-15(23)20(24)21(25)19(11)16-7-6-12(10-27-16)28-29-17-9-18(33(30,31)32)13-4-2-3-5-14(13)22(17)26/h2-10H,26H2,1H3,(H,30,31,32). The molecular weight excluding hydrogens is 457 g/mol. The van der Waals surface area contributed by atoms with E-state index in [9.17, 15) is 26.1 Å². The minimum atomic E-state index is -4.57. The molecule has 4 aromatic rings. The summed E-state index contributed by atoms with van der Waals surface area (Å²) in [7, 11) is -4.57. The molecule has 0 spiro atoms. The van der Waals surface area contributed by atoms with Crippen molar-refractivity contribution in [1.82, 2.24) is 4.98 Å². The third kappa shape index (κ3) is 4.15. The number of nitrogens with two attached hydrogens (primary N) is 1. The van der Waals surface area contributed by atoms with Gasteiger partial charge >= 0.3 is 0 Å². The molecule has 33 heavy (non-hydrogen) atoms. The van der Waals surface area contributed by atoms with Crippen LogP contribution in [0.1, 0.15) is 5.56 Å². The summed E-state index contributed by atoms with van der Waals surface area (Å²) in [5.74, 6) is -4.24. The van der Waals surface area contributed by atoms with Crippen LogP contribution >= 0.6 is 0 Å². The number of anilines is 1. The molecule has 0 atom stereocenters. The van der Waals surface area contributed by atoms with Crippen LogP contribution in [0.25, 0.3) is 22.0 Å². The molecule has 3 N–H and O–H groups in total. The lowest BCUT2D eigenvalue weighted by atomic mass is 10.0. The van der Waals surface area contributed by atoms with Crippen molar-refractivity contribution >= 4 is 38.0 Å². The van der Waals surface area contributed by atoms with Crippen LogP contribution in [-0.4, -0.2) is 18.0 Å². The predicted molar refractivity (Wildman–Crippen MR) is 117 cm³/mol. The maximum absolute atomic E-state index is 14.2. The van der Waals surface area contributed by atoms with Gasteiger partial charge in [-0.2, -0.15) is 8.42 Å². The summed E-state index contributed by atoms with van der Waals surface area (Å²) < 4.78 is 74.4. The highest BCUT2D eigenvalue weighted by Gasteiger charge is 2.20. The molecule has 0 bridgehead atoms. The van der Waals surface area contributed by atoms with Gasteiger partial charge in [0.25, 0.3) is 10.1 Å². The fourth-order valence-electron chi connectivity index (χ4n) is 3.38. The number of hydrogen-bond acceptors (Lipinski definition) is 6. The molecule has 0 saturated heterocycles. The van der Waals surface area contributed by atoms with Gasteiger partial charge in [-0.1, -0.05) is 24.3 Å². The second kappa shape index (κ2) is 8.26. The lowest BCUT2D eigenvalue weighted by molar-refractivity contribution is 0.448. The van der Waals surface area contributed by atoms with E-state index in [1.807, 2.05) is 0 Å². The van der Waals surface area contributed by atoms with Crippen molar-refractivity contribution in [3.8, 4) is 11.3 Å². The summed E-state index contributed by atoms with van der Waals surface area (Å²) in [6.07, 6.45) is 1.22. The number of nitrogens with zero attached hydrogens (tertiary/aromatic N) is 3. The summed E-state index contributed by atoms with van der Waals surface area (Å²) in [6.45, 7) is 1.42. The Hall–Kier alpha value is -3.83. The Kier molecular flexibility index (Phi) is 5.60. The SMILES string of the molecule is Cc1cc(F)c(F)c(F)c1-c1ccc(N=Nc2cc(S(=O)(=O)O)c3ccccc3c2N)cn1. The number of azo groups is 1. The van der Waals surface area contributed by atoms with Crippen LogP contribution < -0.4 is 5.73 Å².